The van der Waals surface area contributed by atoms with Gasteiger partial charge in [-0.15, -0.1) is 0 Å². The summed E-state index contributed by atoms with van der Waals surface area (Å²) < 4.78 is 19.1. The summed E-state index contributed by atoms with van der Waals surface area (Å²) in [6.07, 6.45) is 0. The minimum atomic E-state index is -1.78. The first-order valence-corrected chi connectivity index (χ1v) is 7.13. The van der Waals surface area contributed by atoms with Gasteiger partial charge in [-0.05, 0) is 25.1 Å². The van der Waals surface area contributed by atoms with Crippen LogP contribution in [-0.2, 0) is 9.53 Å². The smallest absolute Gasteiger partial charge is 0.351 e. The average molecular weight is 356 g/mol. The number of hydrogen-bond acceptors (Lipinski definition) is 5. The summed E-state index contributed by atoms with van der Waals surface area (Å²) in [6, 6.07) is 6.05. The Kier molecular flexibility index (Phi) is 5.97. The van der Waals surface area contributed by atoms with Gasteiger partial charge in [0.2, 0.25) is 0 Å². The van der Waals surface area contributed by atoms with Crippen LogP contribution >= 0.6 is 15.9 Å². The maximum absolute atomic E-state index is 13.7. The summed E-state index contributed by atoms with van der Waals surface area (Å²) in [6.45, 7) is 5.05. The fraction of sp³-hybridized carbons (Fsp3) is 0.429. The van der Waals surface area contributed by atoms with E-state index in [1.807, 2.05) is 6.07 Å². The fourth-order valence-corrected chi connectivity index (χ4v) is 1.86. The van der Waals surface area contributed by atoms with E-state index in [1.165, 1.54) is 12.1 Å². The molecule has 0 amide bonds. The largest absolute Gasteiger partial charge is 0.463 e. The van der Waals surface area contributed by atoms with Gasteiger partial charge >= 0.3 is 5.97 Å². The Morgan fingerprint density at radius 3 is 2.71 bits per heavy atom. The van der Waals surface area contributed by atoms with Crippen LogP contribution in [0.5, 0.6) is 0 Å². The van der Waals surface area contributed by atoms with Crippen molar-refractivity contribution in [1.82, 2.24) is 0 Å². The number of hydrogen-bond donors (Lipinski definition) is 0. The number of halogens is 2. The molecular formula is C14H15BrFN3O2. The highest BCUT2D eigenvalue weighted by Gasteiger charge is 2.44. The molecule has 0 aliphatic rings. The van der Waals surface area contributed by atoms with E-state index in [4.69, 9.17) is 4.74 Å². The van der Waals surface area contributed by atoms with Gasteiger partial charge in [0.15, 0.2) is 5.82 Å². The molecule has 0 aromatic heterocycles. The lowest BCUT2D eigenvalue weighted by Gasteiger charge is -2.22. The lowest BCUT2D eigenvalue weighted by molar-refractivity contribution is -0.148. The number of benzene rings is 1. The van der Waals surface area contributed by atoms with Gasteiger partial charge in [0.05, 0.1) is 6.61 Å². The number of azo groups is 1. The van der Waals surface area contributed by atoms with Crippen LogP contribution in [0.25, 0.3) is 0 Å². The third-order valence-corrected chi connectivity index (χ3v) is 3.31. The monoisotopic (exact) mass is 355 g/mol. The van der Waals surface area contributed by atoms with Gasteiger partial charge in [0.1, 0.15) is 11.8 Å². The van der Waals surface area contributed by atoms with Crippen molar-refractivity contribution in [3.63, 3.8) is 0 Å². The zero-order valence-electron chi connectivity index (χ0n) is 11.9. The SMILES string of the molecule is CCOC(=O)C(C#N)(/N=N/c1ccc(Br)cc1F)C(C)C. The maximum atomic E-state index is 13.7. The topological polar surface area (TPSA) is 74.8 Å². The van der Waals surface area contributed by atoms with Crippen LogP contribution < -0.4 is 0 Å². The Morgan fingerprint density at radius 2 is 2.24 bits per heavy atom. The normalized spacial score (nSPS) is 14.0. The van der Waals surface area contributed by atoms with Gasteiger partial charge < -0.3 is 4.74 Å². The standard InChI is InChI=1S/C14H15BrFN3O2/c1-4-21-13(20)14(8-17,9(2)3)19-18-12-6-5-10(15)7-11(12)16/h5-7,9H,4H2,1-3H3/b19-18+. The number of esters is 1. The van der Waals surface area contributed by atoms with Crippen molar-refractivity contribution in [3.05, 3.63) is 28.5 Å². The minimum Gasteiger partial charge on any atom is -0.463 e. The molecule has 1 aromatic rings. The molecule has 0 aliphatic carbocycles. The molecule has 1 aromatic carbocycles. The molecule has 0 fully saturated rings. The summed E-state index contributed by atoms with van der Waals surface area (Å²) in [5, 5.41) is 16.8. The van der Waals surface area contributed by atoms with Crippen LogP contribution in [0.1, 0.15) is 20.8 Å². The first-order chi connectivity index (χ1) is 9.87. The molecule has 0 saturated carbocycles. The van der Waals surface area contributed by atoms with Crippen molar-refractivity contribution < 1.29 is 13.9 Å². The summed E-state index contributed by atoms with van der Waals surface area (Å²) >= 11 is 3.13. The fourth-order valence-electron chi connectivity index (χ4n) is 1.53. The molecular weight excluding hydrogens is 341 g/mol. The van der Waals surface area contributed by atoms with E-state index in [0.29, 0.717) is 4.47 Å². The summed E-state index contributed by atoms with van der Waals surface area (Å²) in [4.78, 5) is 12.0. The molecule has 112 valence electrons. The third kappa shape index (κ3) is 3.85. The van der Waals surface area contributed by atoms with Crippen LogP contribution in [0.4, 0.5) is 10.1 Å². The number of nitriles is 1. The Bertz CT molecular complexity index is 598. The van der Waals surface area contributed by atoms with Crippen molar-refractivity contribution in [1.29, 1.82) is 5.26 Å². The highest BCUT2D eigenvalue weighted by Crippen LogP contribution is 2.28. The minimum absolute atomic E-state index is 0.0530. The molecule has 0 saturated heterocycles. The van der Waals surface area contributed by atoms with Crippen LogP contribution in [-0.4, -0.2) is 18.1 Å². The molecule has 21 heavy (non-hydrogen) atoms. The van der Waals surface area contributed by atoms with Gasteiger partial charge in [0.25, 0.3) is 5.54 Å². The van der Waals surface area contributed by atoms with E-state index in [-0.39, 0.29) is 12.3 Å². The summed E-state index contributed by atoms with van der Waals surface area (Å²) in [5.41, 5.74) is -1.84. The van der Waals surface area contributed by atoms with Crippen LogP contribution in [0.15, 0.2) is 32.9 Å². The van der Waals surface area contributed by atoms with Gasteiger partial charge in [-0.1, -0.05) is 29.8 Å². The van der Waals surface area contributed by atoms with Gasteiger partial charge in [-0.25, -0.2) is 9.18 Å². The zero-order valence-corrected chi connectivity index (χ0v) is 13.5. The molecule has 0 heterocycles. The Morgan fingerprint density at radius 1 is 1.57 bits per heavy atom. The molecule has 0 spiro atoms. The van der Waals surface area contributed by atoms with E-state index in [1.54, 1.807) is 26.8 Å². The molecule has 0 N–H and O–H groups in total. The van der Waals surface area contributed by atoms with Gasteiger partial charge in [0, 0.05) is 10.4 Å². The highest BCUT2D eigenvalue weighted by atomic mass is 79.9. The van der Waals surface area contributed by atoms with E-state index >= 15 is 0 Å². The Hall–Kier alpha value is -1.81. The molecule has 5 nitrogen and oxygen atoms in total. The third-order valence-electron chi connectivity index (χ3n) is 2.82. The first kappa shape index (κ1) is 17.2. The number of nitrogens with zero attached hydrogens (tertiary/aromatic N) is 3. The second-order valence-corrected chi connectivity index (χ2v) is 5.46. The Labute approximate surface area is 130 Å². The predicted octanol–water partition coefficient (Wildman–Crippen LogP) is 4.15. The zero-order chi connectivity index (χ0) is 16.0. The average Bonchev–Trinajstić information content (AvgIpc) is 2.41. The number of rotatable bonds is 5. The van der Waals surface area contributed by atoms with Crippen molar-refractivity contribution in [2.24, 2.45) is 16.1 Å². The maximum Gasteiger partial charge on any atom is 0.351 e. The van der Waals surface area contributed by atoms with Crippen molar-refractivity contribution in [2.45, 2.75) is 26.3 Å². The van der Waals surface area contributed by atoms with Crippen LogP contribution in [0, 0.1) is 23.1 Å². The van der Waals surface area contributed by atoms with E-state index < -0.39 is 23.2 Å². The molecule has 1 unspecified atom stereocenters. The number of carbonyl (C=O) groups excluding carboxylic acids is 1. The summed E-state index contributed by atoms with van der Waals surface area (Å²) in [5.74, 6) is -1.86. The molecule has 0 radical (unpaired) electrons. The van der Waals surface area contributed by atoms with Crippen molar-refractivity contribution >= 4 is 27.6 Å². The van der Waals surface area contributed by atoms with E-state index in [2.05, 4.69) is 26.2 Å². The molecule has 0 aliphatic heterocycles. The second-order valence-electron chi connectivity index (χ2n) is 4.55. The van der Waals surface area contributed by atoms with Gasteiger partial charge in [-0.3, -0.25) is 0 Å². The van der Waals surface area contributed by atoms with Gasteiger partial charge in [-0.2, -0.15) is 15.5 Å². The second kappa shape index (κ2) is 7.27. The first-order valence-electron chi connectivity index (χ1n) is 6.33. The quantitative estimate of drug-likeness (QED) is 0.587. The lowest BCUT2D eigenvalue weighted by Crippen LogP contribution is -2.41. The van der Waals surface area contributed by atoms with Crippen molar-refractivity contribution in [2.75, 3.05) is 6.61 Å². The van der Waals surface area contributed by atoms with Crippen molar-refractivity contribution in [3.8, 4) is 6.07 Å². The lowest BCUT2D eigenvalue weighted by atomic mass is 9.89. The van der Waals surface area contributed by atoms with Crippen LogP contribution in [0.2, 0.25) is 0 Å². The Balaban J connectivity index is 3.20. The predicted molar refractivity (Wildman–Crippen MR) is 78.4 cm³/mol. The van der Waals surface area contributed by atoms with E-state index in [0.717, 1.165) is 0 Å². The summed E-state index contributed by atoms with van der Waals surface area (Å²) in [7, 11) is 0. The molecule has 0 bridgehead atoms. The molecule has 1 rings (SSSR count). The number of carbonyl (C=O) groups is 1. The molecule has 1 atom stereocenters. The van der Waals surface area contributed by atoms with E-state index in [9.17, 15) is 14.4 Å². The molecule has 7 heteroatoms. The van der Waals surface area contributed by atoms with Crippen LogP contribution in [0.3, 0.4) is 0 Å². The number of ether oxygens (including phenoxy) is 1. The highest BCUT2D eigenvalue weighted by molar-refractivity contribution is 9.10.